The van der Waals surface area contributed by atoms with E-state index in [9.17, 15) is 24.9 Å². The van der Waals surface area contributed by atoms with Crippen LogP contribution in [0.1, 0.15) is 81.6 Å². The van der Waals surface area contributed by atoms with Crippen molar-refractivity contribution in [3.8, 4) is 0 Å². The van der Waals surface area contributed by atoms with Crippen molar-refractivity contribution in [3.63, 3.8) is 0 Å². The lowest BCUT2D eigenvalue weighted by Crippen LogP contribution is -2.58. The van der Waals surface area contributed by atoms with Crippen LogP contribution in [0.3, 0.4) is 0 Å². The number of esters is 1. The summed E-state index contributed by atoms with van der Waals surface area (Å²) in [4.78, 5) is 39.1. The average molecular weight is 688 g/mol. The third-order valence-electron chi connectivity index (χ3n) is 11.0. The van der Waals surface area contributed by atoms with E-state index in [4.69, 9.17) is 33.5 Å². The molecule has 16 atom stereocenters. The predicted molar refractivity (Wildman–Crippen MR) is 175 cm³/mol. The van der Waals surface area contributed by atoms with Gasteiger partial charge < -0.3 is 48.7 Å². The fourth-order valence-corrected chi connectivity index (χ4v) is 7.87. The molecule has 3 aliphatic rings. The molecule has 3 fully saturated rings. The van der Waals surface area contributed by atoms with Crippen LogP contribution < -0.4 is 0 Å². The van der Waals surface area contributed by atoms with Crippen LogP contribution in [0.4, 0.5) is 0 Å². The number of fused-ring (bicyclic) bond motifs is 2. The molecule has 3 N–H and O–H groups in total. The van der Waals surface area contributed by atoms with E-state index in [2.05, 4.69) is 0 Å². The van der Waals surface area contributed by atoms with Crippen LogP contribution in [0.2, 0.25) is 0 Å². The largest absolute Gasteiger partial charge is 0.459 e. The van der Waals surface area contributed by atoms with Crippen molar-refractivity contribution in [1.29, 1.82) is 0 Å². The number of aldehydes is 1. The zero-order valence-electron chi connectivity index (χ0n) is 30.8. The second-order valence-electron chi connectivity index (χ2n) is 15.2. The average Bonchev–Trinajstić information content (AvgIpc) is 3.34. The van der Waals surface area contributed by atoms with Gasteiger partial charge in [0, 0.05) is 25.4 Å². The highest BCUT2D eigenvalue weighted by atomic mass is 17.2. The number of ether oxygens (including phenoxy) is 5. The molecule has 0 aromatic rings. The van der Waals surface area contributed by atoms with E-state index in [1.165, 1.54) is 20.3 Å². The monoisotopic (exact) mass is 687 g/mol. The van der Waals surface area contributed by atoms with Gasteiger partial charge in [0.2, 0.25) is 0 Å². The summed E-state index contributed by atoms with van der Waals surface area (Å²) >= 11 is 0. The third-order valence-corrected chi connectivity index (χ3v) is 11.0. The highest BCUT2D eigenvalue weighted by Crippen LogP contribution is 2.48. The maximum Gasteiger partial charge on any atom is 0.311 e. The summed E-state index contributed by atoms with van der Waals surface area (Å²) in [6.45, 7) is 16.1. The van der Waals surface area contributed by atoms with Crippen LogP contribution in [0.15, 0.2) is 12.3 Å². The molecule has 3 aliphatic heterocycles. The van der Waals surface area contributed by atoms with Crippen molar-refractivity contribution >= 4 is 12.3 Å². The van der Waals surface area contributed by atoms with E-state index in [1.807, 2.05) is 27.7 Å². The summed E-state index contributed by atoms with van der Waals surface area (Å²) in [5.41, 5.74) is -3.73. The maximum absolute atomic E-state index is 14.1. The number of likely N-dealkylation sites (N-methyl/N-ethyl adjacent to an activating group) is 1. The SMILES string of the molecule is CC[C@@H](O)[C@@](C)(O)[C@@H]1OC(=O)[C@H](C)[C@@H](O[C@H]2CC(C)(OC)[C@@H](O)C(C)O2)[C@H](C)[C@@H](OO/C=C\C(C=O)N(C)C)[C@@]2(C)CC(C)C(O2)[C@@H]1C. The summed E-state index contributed by atoms with van der Waals surface area (Å²) in [7, 11) is 5.05. The van der Waals surface area contributed by atoms with Gasteiger partial charge in [-0.15, -0.1) is 0 Å². The van der Waals surface area contributed by atoms with Crippen molar-refractivity contribution < 1.29 is 58.4 Å². The Kier molecular flexibility index (Phi) is 13.7. The fraction of sp³-hybridized carbons (Fsp3) is 0.886. The topological polar surface area (TPSA) is 163 Å². The van der Waals surface area contributed by atoms with Gasteiger partial charge in [0.15, 0.2) is 6.29 Å². The molecule has 13 nitrogen and oxygen atoms in total. The Labute approximate surface area is 286 Å². The molecular weight excluding hydrogens is 626 g/mol. The van der Waals surface area contributed by atoms with E-state index in [1.54, 1.807) is 52.8 Å². The van der Waals surface area contributed by atoms with Gasteiger partial charge in [-0.2, -0.15) is 4.89 Å². The van der Waals surface area contributed by atoms with Gasteiger partial charge in [0.1, 0.15) is 36.5 Å². The maximum atomic E-state index is 14.1. The molecule has 0 amide bonds. The van der Waals surface area contributed by atoms with Gasteiger partial charge in [0.25, 0.3) is 0 Å². The minimum Gasteiger partial charge on any atom is -0.459 e. The molecule has 2 bridgehead atoms. The molecule has 0 aromatic heterocycles. The zero-order chi connectivity index (χ0) is 36.4. The van der Waals surface area contributed by atoms with Gasteiger partial charge >= 0.3 is 5.97 Å². The fourth-order valence-electron chi connectivity index (χ4n) is 7.87. The van der Waals surface area contributed by atoms with Gasteiger partial charge in [-0.05, 0) is 73.5 Å². The molecule has 0 radical (unpaired) electrons. The van der Waals surface area contributed by atoms with Crippen molar-refractivity contribution in [2.24, 2.45) is 23.7 Å². The Morgan fingerprint density at radius 2 is 1.77 bits per heavy atom. The standard InChI is InChI=1S/C35H61NO12/c1-13-25(38)35(9,41)31-20(3)27-19(2)16-34(8,47-27)30(48-43-15-14-24(18-37)36(10)11)21(4)28(22(5)32(40)46-31)45-26-17-33(7,42-12)29(39)23(6)44-26/h14-15,18-31,38-39,41H,13,16-17H2,1-12H3/b15-14-/t19?,20-,21-,22+,23?,24?,25+,26-,27?,28-,29-,30+,31+,33?,34+,35+/m0/s1. The summed E-state index contributed by atoms with van der Waals surface area (Å²) in [6.07, 6.45) is -2.32. The molecule has 0 spiro atoms. The lowest BCUT2D eigenvalue weighted by atomic mass is 9.76. The number of carbonyl (C=O) groups excluding carboxylic acids is 2. The van der Waals surface area contributed by atoms with E-state index in [0.29, 0.717) is 6.42 Å². The molecule has 0 aliphatic carbocycles. The Balaban J connectivity index is 2.11. The minimum atomic E-state index is -1.79. The summed E-state index contributed by atoms with van der Waals surface area (Å²) in [5.74, 6) is -2.73. The Bertz CT molecular complexity index is 1100. The van der Waals surface area contributed by atoms with E-state index in [-0.39, 0.29) is 18.8 Å². The van der Waals surface area contributed by atoms with Gasteiger partial charge in [0.05, 0.1) is 47.6 Å². The highest BCUT2D eigenvalue weighted by molar-refractivity contribution is 5.73. The Morgan fingerprint density at radius 3 is 2.33 bits per heavy atom. The van der Waals surface area contributed by atoms with Crippen molar-refractivity contribution in [1.82, 2.24) is 4.90 Å². The first-order valence-corrected chi connectivity index (χ1v) is 17.2. The second-order valence-corrected chi connectivity index (χ2v) is 15.2. The molecular formula is C35H61NO12. The second kappa shape index (κ2) is 16.1. The zero-order valence-corrected chi connectivity index (χ0v) is 30.8. The van der Waals surface area contributed by atoms with Crippen LogP contribution in [0.5, 0.6) is 0 Å². The molecule has 278 valence electrons. The third kappa shape index (κ3) is 8.43. The van der Waals surface area contributed by atoms with Gasteiger partial charge in [-0.3, -0.25) is 9.69 Å². The molecule has 48 heavy (non-hydrogen) atoms. The molecule has 3 saturated heterocycles. The normalized spacial score (nSPS) is 43.7. The Morgan fingerprint density at radius 1 is 1.12 bits per heavy atom. The Hall–Kier alpha value is -1.68. The lowest BCUT2D eigenvalue weighted by molar-refractivity contribution is -0.346. The van der Waals surface area contributed by atoms with E-state index in [0.717, 1.165) is 6.29 Å². The number of rotatable bonds is 12. The number of aliphatic hydroxyl groups is 3. The van der Waals surface area contributed by atoms with Gasteiger partial charge in [-0.1, -0.05) is 27.7 Å². The molecule has 0 saturated carbocycles. The van der Waals surface area contributed by atoms with Crippen molar-refractivity contribution in [2.75, 3.05) is 21.2 Å². The highest BCUT2D eigenvalue weighted by Gasteiger charge is 2.58. The molecule has 3 rings (SSSR count). The number of cyclic esters (lactones) is 1. The molecule has 3 heterocycles. The van der Waals surface area contributed by atoms with Gasteiger partial charge in [-0.25, -0.2) is 0 Å². The predicted octanol–water partition coefficient (Wildman–Crippen LogP) is 2.77. The van der Waals surface area contributed by atoms with Crippen LogP contribution in [0, 0.1) is 23.7 Å². The molecule has 0 aromatic carbocycles. The van der Waals surface area contributed by atoms with Crippen molar-refractivity contribution in [3.05, 3.63) is 12.3 Å². The first-order chi connectivity index (χ1) is 22.3. The van der Waals surface area contributed by atoms with E-state index < -0.39 is 95.6 Å². The molecule has 5 unspecified atom stereocenters. The van der Waals surface area contributed by atoms with Crippen LogP contribution in [0.25, 0.3) is 0 Å². The minimum absolute atomic E-state index is 0.0644. The van der Waals surface area contributed by atoms with Crippen LogP contribution >= 0.6 is 0 Å². The first-order valence-electron chi connectivity index (χ1n) is 17.2. The quantitative estimate of drug-likeness (QED) is 0.0904. The first kappa shape index (κ1) is 40.7. The number of aliphatic hydroxyl groups excluding tert-OH is 2. The summed E-state index contributed by atoms with van der Waals surface area (Å²) < 4.78 is 31.4. The van der Waals surface area contributed by atoms with E-state index >= 15 is 0 Å². The van der Waals surface area contributed by atoms with Crippen LogP contribution in [-0.2, 0) is 43.0 Å². The lowest BCUT2D eigenvalue weighted by Gasteiger charge is -2.46. The number of hydrogen-bond acceptors (Lipinski definition) is 13. The number of hydrogen-bond donors (Lipinski definition) is 3. The molecule has 13 heteroatoms. The van der Waals surface area contributed by atoms with Crippen molar-refractivity contribution in [2.45, 2.75) is 153 Å². The number of carbonyl (C=O) groups is 2. The van der Waals surface area contributed by atoms with Crippen LogP contribution in [-0.4, -0.2) is 126 Å². The summed E-state index contributed by atoms with van der Waals surface area (Å²) in [5, 5.41) is 33.4. The number of nitrogens with zero attached hydrogens (tertiary/aromatic N) is 1. The summed E-state index contributed by atoms with van der Waals surface area (Å²) in [6, 6.07) is -0.535. The smallest absolute Gasteiger partial charge is 0.311 e. The number of methoxy groups -OCH3 is 1.